The molecule has 0 radical (unpaired) electrons. The number of aryl methyl sites for hydroxylation is 1. The Morgan fingerprint density at radius 3 is 2.27 bits per heavy atom. The Hall–Kier alpha value is -3.75. The molecule has 2 atom stereocenters. The maximum Gasteiger partial charge on any atom is 0.264 e. The van der Waals surface area contributed by atoms with E-state index in [-0.39, 0.29) is 23.1 Å². The number of hydrogen-bond acceptors (Lipinski definition) is 3. The standard InChI is InChI=1S/C32H31ClF2N2O3S/c1-22(24-8-4-3-5-9-24)21-36-32(38)19-12-25-10-6-7-11-29(25)23(2)37(31-20-27(34)15-18-30(31)35)41(39,40)28-16-13-26(33)14-17-28/h3-11,13-18,20,22-23H,12,19,21H2,1-2H3,(H,36,38)/t22?,23-/m1/s1. The summed E-state index contributed by atoms with van der Waals surface area (Å²) in [6.07, 6.45) is 0.496. The van der Waals surface area contributed by atoms with E-state index in [1.165, 1.54) is 24.3 Å². The zero-order valence-corrected chi connectivity index (χ0v) is 24.3. The van der Waals surface area contributed by atoms with Crippen LogP contribution in [0.4, 0.5) is 14.5 Å². The minimum Gasteiger partial charge on any atom is -0.355 e. The molecule has 0 aliphatic carbocycles. The molecule has 4 aromatic rings. The second-order valence-electron chi connectivity index (χ2n) is 9.84. The number of amides is 1. The molecule has 1 unspecified atom stereocenters. The molecule has 41 heavy (non-hydrogen) atoms. The van der Waals surface area contributed by atoms with Crippen molar-refractivity contribution in [1.29, 1.82) is 0 Å². The van der Waals surface area contributed by atoms with Gasteiger partial charge in [0, 0.05) is 24.1 Å². The van der Waals surface area contributed by atoms with Gasteiger partial charge in [0.25, 0.3) is 10.0 Å². The van der Waals surface area contributed by atoms with Gasteiger partial charge in [0.1, 0.15) is 11.6 Å². The summed E-state index contributed by atoms with van der Waals surface area (Å²) in [7, 11) is -4.36. The second-order valence-corrected chi connectivity index (χ2v) is 12.1. The smallest absolute Gasteiger partial charge is 0.264 e. The van der Waals surface area contributed by atoms with E-state index in [0.717, 1.165) is 33.6 Å². The van der Waals surface area contributed by atoms with Gasteiger partial charge in [-0.25, -0.2) is 17.2 Å². The predicted molar refractivity (Wildman–Crippen MR) is 159 cm³/mol. The summed E-state index contributed by atoms with van der Waals surface area (Å²) >= 11 is 5.96. The van der Waals surface area contributed by atoms with Gasteiger partial charge in [0.2, 0.25) is 5.91 Å². The Morgan fingerprint density at radius 1 is 0.902 bits per heavy atom. The number of carbonyl (C=O) groups excluding carboxylic acids is 1. The van der Waals surface area contributed by atoms with Crippen molar-refractivity contribution >= 4 is 33.2 Å². The normalized spacial score (nSPS) is 12.9. The number of nitrogens with one attached hydrogen (secondary N) is 1. The summed E-state index contributed by atoms with van der Waals surface area (Å²) in [5.74, 6) is -1.67. The molecule has 4 rings (SSSR count). The van der Waals surface area contributed by atoms with E-state index >= 15 is 4.39 Å². The van der Waals surface area contributed by atoms with E-state index in [0.29, 0.717) is 23.6 Å². The molecule has 0 aliphatic rings. The topological polar surface area (TPSA) is 66.5 Å². The number of nitrogens with zero attached hydrogens (tertiary/aromatic N) is 1. The Balaban J connectivity index is 1.60. The van der Waals surface area contributed by atoms with E-state index in [1.54, 1.807) is 31.2 Å². The quantitative estimate of drug-likeness (QED) is 0.196. The zero-order valence-electron chi connectivity index (χ0n) is 22.7. The Labute approximate surface area is 244 Å². The number of rotatable bonds is 11. The molecular formula is C32H31ClF2N2O3S. The molecular weight excluding hydrogens is 566 g/mol. The number of hydrogen-bond donors (Lipinski definition) is 1. The lowest BCUT2D eigenvalue weighted by atomic mass is 9.97. The van der Waals surface area contributed by atoms with E-state index in [2.05, 4.69) is 5.32 Å². The van der Waals surface area contributed by atoms with Gasteiger partial charge in [-0.3, -0.25) is 9.10 Å². The molecule has 0 heterocycles. The first-order chi connectivity index (χ1) is 19.6. The number of benzene rings is 4. The summed E-state index contributed by atoms with van der Waals surface area (Å²) < 4.78 is 58.1. The predicted octanol–water partition coefficient (Wildman–Crippen LogP) is 7.43. The van der Waals surface area contributed by atoms with Gasteiger partial charge in [-0.2, -0.15) is 0 Å². The summed E-state index contributed by atoms with van der Waals surface area (Å²) in [5.41, 5.74) is 1.99. The fourth-order valence-corrected chi connectivity index (χ4v) is 6.48. The summed E-state index contributed by atoms with van der Waals surface area (Å²) in [5, 5.41) is 3.30. The van der Waals surface area contributed by atoms with E-state index < -0.39 is 33.4 Å². The molecule has 0 saturated carbocycles. The summed E-state index contributed by atoms with van der Waals surface area (Å²) in [4.78, 5) is 12.6. The number of halogens is 3. The molecule has 0 saturated heterocycles. The fraction of sp³-hybridized carbons (Fsp3) is 0.219. The van der Waals surface area contributed by atoms with Gasteiger partial charge >= 0.3 is 0 Å². The van der Waals surface area contributed by atoms with Crippen LogP contribution >= 0.6 is 11.6 Å². The van der Waals surface area contributed by atoms with Crippen LogP contribution in [0, 0.1) is 11.6 Å². The van der Waals surface area contributed by atoms with Gasteiger partial charge in [-0.15, -0.1) is 0 Å². The van der Waals surface area contributed by atoms with Crippen LogP contribution in [0.3, 0.4) is 0 Å². The lowest BCUT2D eigenvalue weighted by Crippen LogP contribution is -2.35. The molecule has 1 amide bonds. The van der Waals surface area contributed by atoms with Gasteiger partial charge in [0.05, 0.1) is 16.6 Å². The third-order valence-corrected chi connectivity index (χ3v) is 9.12. The molecule has 0 fully saturated rings. The van der Waals surface area contributed by atoms with Crippen LogP contribution < -0.4 is 9.62 Å². The molecule has 214 valence electrons. The maximum absolute atomic E-state index is 15.1. The molecule has 1 N–H and O–H groups in total. The lowest BCUT2D eigenvalue weighted by molar-refractivity contribution is -0.121. The Morgan fingerprint density at radius 2 is 1.56 bits per heavy atom. The van der Waals surface area contributed by atoms with Crippen LogP contribution in [-0.4, -0.2) is 20.9 Å². The highest BCUT2D eigenvalue weighted by atomic mass is 35.5. The van der Waals surface area contributed by atoms with Crippen LogP contribution in [-0.2, 0) is 21.2 Å². The highest BCUT2D eigenvalue weighted by Crippen LogP contribution is 2.37. The highest BCUT2D eigenvalue weighted by Gasteiger charge is 2.33. The third-order valence-electron chi connectivity index (χ3n) is 6.97. The first kappa shape index (κ1) is 30.2. The highest BCUT2D eigenvalue weighted by molar-refractivity contribution is 7.92. The molecule has 4 aromatic carbocycles. The molecule has 9 heteroatoms. The second kappa shape index (κ2) is 13.3. The van der Waals surface area contributed by atoms with Crippen molar-refractivity contribution in [3.63, 3.8) is 0 Å². The molecule has 0 bridgehead atoms. The van der Waals surface area contributed by atoms with Crippen LogP contribution in [0.2, 0.25) is 5.02 Å². The van der Waals surface area contributed by atoms with E-state index in [9.17, 15) is 17.6 Å². The molecule has 0 spiro atoms. The maximum atomic E-state index is 15.1. The number of carbonyl (C=O) groups is 1. The average Bonchev–Trinajstić information content (AvgIpc) is 2.97. The SMILES string of the molecule is CC(CNC(=O)CCc1ccccc1[C@@H](C)N(c1cc(F)ccc1F)S(=O)(=O)c1ccc(Cl)cc1)c1ccccc1. The van der Waals surface area contributed by atoms with Crippen LogP contribution in [0.15, 0.2) is 102 Å². The Bertz CT molecular complexity index is 1600. The monoisotopic (exact) mass is 596 g/mol. The lowest BCUT2D eigenvalue weighted by Gasteiger charge is -2.32. The first-order valence-corrected chi connectivity index (χ1v) is 15.0. The van der Waals surface area contributed by atoms with Crippen molar-refractivity contribution in [3.8, 4) is 0 Å². The van der Waals surface area contributed by atoms with Gasteiger partial charge < -0.3 is 5.32 Å². The van der Waals surface area contributed by atoms with Crippen molar-refractivity contribution in [2.45, 2.75) is 43.5 Å². The first-order valence-electron chi connectivity index (χ1n) is 13.2. The fourth-order valence-electron chi connectivity index (χ4n) is 4.72. The Kier molecular flexibility index (Phi) is 9.78. The van der Waals surface area contributed by atoms with Crippen LogP contribution in [0.1, 0.15) is 48.9 Å². The average molecular weight is 597 g/mol. The van der Waals surface area contributed by atoms with Crippen molar-refractivity contribution in [1.82, 2.24) is 5.32 Å². The molecule has 0 aromatic heterocycles. The van der Waals surface area contributed by atoms with Crippen LogP contribution in [0.5, 0.6) is 0 Å². The summed E-state index contributed by atoms with van der Waals surface area (Å²) in [6, 6.07) is 24.2. The minimum atomic E-state index is -4.36. The zero-order chi connectivity index (χ0) is 29.6. The van der Waals surface area contributed by atoms with Crippen molar-refractivity contribution in [2.75, 3.05) is 10.8 Å². The van der Waals surface area contributed by atoms with Crippen LogP contribution in [0.25, 0.3) is 0 Å². The molecule has 5 nitrogen and oxygen atoms in total. The van der Waals surface area contributed by atoms with E-state index in [1.807, 2.05) is 37.3 Å². The third kappa shape index (κ3) is 7.31. The van der Waals surface area contributed by atoms with Gasteiger partial charge in [-0.1, -0.05) is 73.1 Å². The van der Waals surface area contributed by atoms with E-state index in [4.69, 9.17) is 11.6 Å². The number of sulfonamides is 1. The summed E-state index contributed by atoms with van der Waals surface area (Å²) in [6.45, 7) is 4.12. The number of anilines is 1. The van der Waals surface area contributed by atoms with Crippen molar-refractivity contribution in [2.24, 2.45) is 0 Å². The van der Waals surface area contributed by atoms with Gasteiger partial charge in [-0.05, 0) is 72.4 Å². The van der Waals surface area contributed by atoms with Crippen molar-refractivity contribution < 1.29 is 22.0 Å². The van der Waals surface area contributed by atoms with Crippen molar-refractivity contribution in [3.05, 3.63) is 130 Å². The largest absolute Gasteiger partial charge is 0.355 e. The van der Waals surface area contributed by atoms with Gasteiger partial charge in [0.15, 0.2) is 0 Å². The molecule has 0 aliphatic heterocycles. The minimum absolute atomic E-state index is 0.123.